The molecule has 0 aliphatic rings. The molecule has 0 bridgehead atoms. The summed E-state index contributed by atoms with van der Waals surface area (Å²) in [5.74, 6) is 0. The molecule has 21 heavy (non-hydrogen) atoms. The van der Waals surface area contributed by atoms with Crippen LogP contribution < -0.4 is 5.73 Å². The average Bonchev–Trinajstić information content (AvgIpc) is 2.83. The number of nitrogens with two attached hydrogens (primary N) is 1. The maximum absolute atomic E-state index is 12.6. The van der Waals surface area contributed by atoms with Gasteiger partial charge in [0.15, 0.2) is 0 Å². The molecule has 0 fully saturated rings. The average molecular weight is 410 g/mol. The summed E-state index contributed by atoms with van der Waals surface area (Å²) in [6, 6.07) is 8.71. The molecule has 0 saturated heterocycles. The van der Waals surface area contributed by atoms with E-state index in [9.17, 15) is 8.42 Å². The molecule has 0 radical (unpaired) electrons. The minimum absolute atomic E-state index is 0.254. The summed E-state index contributed by atoms with van der Waals surface area (Å²) in [6.07, 6.45) is 0. The lowest BCUT2D eigenvalue weighted by Crippen LogP contribution is -2.26. The summed E-state index contributed by atoms with van der Waals surface area (Å²) < 4.78 is 27.1. The van der Waals surface area contributed by atoms with E-state index in [-0.39, 0.29) is 11.4 Å². The van der Waals surface area contributed by atoms with E-state index in [4.69, 9.17) is 17.3 Å². The summed E-state index contributed by atoms with van der Waals surface area (Å²) >= 11 is 10.5. The highest BCUT2D eigenvalue weighted by Gasteiger charge is 2.25. The molecule has 8 heteroatoms. The van der Waals surface area contributed by atoms with Gasteiger partial charge < -0.3 is 5.73 Å². The number of benzene rings is 1. The van der Waals surface area contributed by atoms with Crippen molar-refractivity contribution in [1.29, 1.82) is 0 Å². The predicted octanol–water partition coefficient (Wildman–Crippen LogP) is 3.44. The van der Waals surface area contributed by atoms with Crippen LogP contribution in [-0.4, -0.2) is 19.8 Å². The second-order valence-electron chi connectivity index (χ2n) is 4.44. The van der Waals surface area contributed by atoms with Crippen LogP contribution in [-0.2, 0) is 23.1 Å². The molecule has 0 atom stereocenters. The van der Waals surface area contributed by atoms with Crippen LogP contribution in [0.5, 0.6) is 0 Å². The molecule has 0 unspecified atom stereocenters. The van der Waals surface area contributed by atoms with Gasteiger partial charge in [-0.2, -0.15) is 4.31 Å². The lowest BCUT2D eigenvalue weighted by atomic mass is 10.2. The number of thiophene rings is 1. The number of hydrogen-bond acceptors (Lipinski definition) is 4. The maximum atomic E-state index is 12.6. The first-order valence-corrected chi connectivity index (χ1v) is 9.46. The van der Waals surface area contributed by atoms with Gasteiger partial charge in [0.2, 0.25) is 10.0 Å². The van der Waals surface area contributed by atoms with Crippen molar-refractivity contribution in [2.75, 3.05) is 7.05 Å². The Balaban J connectivity index is 2.25. The van der Waals surface area contributed by atoms with Crippen LogP contribution in [0.1, 0.15) is 10.4 Å². The van der Waals surface area contributed by atoms with Crippen molar-refractivity contribution in [2.45, 2.75) is 18.0 Å². The molecule has 2 aromatic rings. The Morgan fingerprint density at radius 2 is 1.95 bits per heavy atom. The summed E-state index contributed by atoms with van der Waals surface area (Å²) in [7, 11) is -2.01. The van der Waals surface area contributed by atoms with E-state index in [1.54, 1.807) is 25.2 Å². The van der Waals surface area contributed by atoms with Crippen LogP contribution in [0.15, 0.2) is 39.0 Å². The first-order chi connectivity index (χ1) is 9.84. The number of rotatable bonds is 5. The van der Waals surface area contributed by atoms with E-state index in [2.05, 4.69) is 15.9 Å². The lowest BCUT2D eigenvalue weighted by molar-refractivity contribution is 0.466. The third kappa shape index (κ3) is 3.85. The van der Waals surface area contributed by atoms with Gasteiger partial charge in [-0.05, 0) is 39.7 Å². The molecule has 2 rings (SSSR count). The van der Waals surface area contributed by atoms with E-state index < -0.39 is 10.0 Å². The molecule has 2 N–H and O–H groups in total. The number of hydrogen-bond donors (Lipinski definition) is 1. The fraction of sp³-hybridized carbons (Fsp3) is 0.231. The van der Waals surface area contributed by atoms with Gasteiger partial charge in [-0.3, -0.25) is 0 Å². The van der Waals surface area contributed by atoms with Crippen LogP contribution in [0, 0.1) is 0 Å². The number of halogens is 2. The summed E-state index contributed by atoms with van der Waals surface area (Å²) in [5.41, 5.74) is 6.43. The maximum Gasteiger partial charge on any atom is 0.245 e. The highest BCUT2D eigenvalue weighted by molar-refractivity contribution is 9.11. The van der Waals surface area contributed by atoms with Gasteiger partial charge in [0.1, 0.15) is 4.90 Å². The standard InChI is InChI=1S/C13H14BrClN2O2S2/c1-17(8-9-2-4-10(15)5-3-9)21(18,19)12-6-11(7-16)20-13(12)14/h2-6H,7-8,16H2,1H3. The highest BCUT2D eigenvalue weighted by Crippen LogP contribution is 2.33. The van der Waals surface area contributed by atoms with E-state index in [0.717, 1.165) is 10.4 Å². The van der Waals surface area contributed by atoms with Gasteiger partial charge in [-0.1, -0.05) is 23.7 Å². The third-order valence-electron chi connectivity index (χ3n) is 2.91. The topological polar surface area (TPSA) is 63.4 Å². The molecule has 4 nitrogen and oxygen atoms in total. The number of nitrogens with zero attached hydrogens (tertiary/aromatic N) is 1. The Labute approximate surface area is 141 Å². The van der Waals surface area contributed by atoms with Gasteiger partial charge in [-0.15, -0.1) is 11.3 Å². The molecule has 0 spiro atoms. The van der Waals surface area contributed by atoms with E-state index >= 15 is 0 Å². The Kier molecular flexibility index (Phi) is 5.45. The van der Waals surface area contributed by atoms with Crippen LogP contribution in [0.25, 0.3) is 0 Å². The molecule has 1 aromatic carbocycles. The van der Waals surface area contributed by atoms with Gasteiger partial charge >= 0.3 is 0 Å². The Bertz CT molecular complexity index is 729. The minimum atomic E-state index is -3.56. The first kappa shape index (κ1) is 16.9. The Morgan fingerprint density at radius 3 is 2.48 bits per heavy atom. The molecule has 0 aliphatic carbocycles. The summed E-state index contributed by atoms with van der Waals surface area (Å²) in [5, 5.41) is 0.623. The Morgan fingerprint density at radius 1 is 1.33 bits per heavy atom. The smallest absolute Gasteiger partial charge is 0.245 e. The third-order valence-corrected chi connectivity index (χ3v) is 7.24. The predicted molar refractivity (Wildman–Crippen MR) is 90.0 cm³/mol. The first-order valence-electron chi connectivity index (χ1n) is 6.03. The largest absolute Gasteiger partial charge is 0.326 e. The van der Waals surface area contributed by atoms with Crippen molar-refractivity contribution in [2.24, 2.45) is 5.73 Å². The highest BCUT2D eigenvalue weighted by atomic mass is 79.9. The van der Waals surface area contributed by atoms with Crippen LogP contribution in [0.4, 0.5) is 0 Å². The van der Waals surface area contributed by atoms with Crippen molar-refractivity contribution in [3.8, 4) is 0 Å². The lowest BCUT2D eigenvalue weighted by Gasteiger charge is -2.16. The van der Waals surface area contributed by atoms with Gasteiger partial charge in [0, 0.05) is 30.0 Å². The number of sulfonamides is 1. The van der Waals surface area contributed by atoms with Crippen LogP contribution >= 0.6 is 38.9 Å². The SMILES string of the molecule is CN(Cc1ccc(Cl)cc1)S(=O)(=O)c1cc(CN)sc1Br. The molecule has 0 amide bonds. The van der Waals surface area contributed by atoms with Crippen LogP contribution in [0.3, 0.4) is 0 Å². The van der Waals surface area contributed by atoms with Crippen molar-refractivity contribution in [1.82, 2.24) is 4.31 Å². The molecule has 0 saturated carbocycles. The zero-order valence-electron chi connectivity index (χ0n) is 11.2. The van der Waals surface area contributed by atoms with Crippen LogP contribution in [0.2, 0.25) is 5.02 Å². The minimum Gasteiger partial charge on any atom is -0.326 e. The van der Waals surface area contributed by atoms with Crippen molar-refractivity contribution >= 4 is 48.9 Å². The van der Waals surface area contributed by atoms with E-state index in [1.807, 2.05) is 12.1 Å². The van der Waals surface area contributed by atoms with Gasteiger partial charge in [0.25, 0.3) is 0 Å². The van der Waals surface area contributed by atoms with E-state index in [1.165, 1.54) is 15.6 Å². The zero-order chi connectivity index (χ0) is 15.6. The molecule has 0 aliphatic heterocycles. The second-order valence-corrected chi connectivity index (χ2v) is 9.35. The zero-order valence-corrected chi connectivity index (χ0v) is 15.2. The van der Waals surface area contributed by atoms with Crippen molar-refractivity contribution in [3.05, 3.63) is 49.6 Å². The molecular formula is C13H14BrClN2O2S2. The van der Waals surface area contributed by atoms with Gasteiger partial charge in [-0.25, -0.2) is 8.42 Å². The van der Waals surface area contributed by atoms with Crippen molar-refractivity contribution < 1.29 is 8.42 Å². The molecule has 1 heterocycles. The van der Waals surface area contributed by atoms with Crippen molar-refractivity contribution in [3.63, 3.8) is 0 Å². The fourth-order valence-electron chi connectivity index (χ4n) is 1.77. The molecule has 114 valence electrons. The summed E-state index contributed by atoms with van der Waals surface area (Å²) in [6.45, 7) is 0.597. The normalized spacial score (nSPS) is 12.0. The molecular weight excluding hydrogens is 396 g/mol. The Hall–Kier alpha value is -0.440. The monoisotopic (exact) mass is 408 g/mol. The summed E-state index contributed by atoms with van der Waals surface area (Å²) in [4.78, 5) is 1.07. The second kappa shape index (κ2) is 6.76. The van der Waals surface area contributed by atoms with E-state index in [0.29, 0.717) is 15.4 Å². The fourth-order valence-corrected chi connectivity index (χ4v) is 5.57. The molecule has 1 aromatic heterocycles. The van der Waals surface area contributed by atoms with Gasteiger partial charge in [0.05, 0.1) is 3.79 Å². The quantitative estimate of drug-likeness (QED) is 0.822.